The number of halogens is 1. The Kier molecular flexibility index (Phi) is 4.32. The summed E-state index contributed by atoms with van der Waals surface area (Å²) in [6.45, 7) is 6.12. The van der Waals surface area contributed by atoms with Crippen LogP contribution in [0, 0.1) is 12.8 Å². The summed E-state index contributed by atoms with van der Waals surface area (Å²) in [5.74, 6) is 0.437. The normalized spacial score (nSPS) is 12.9. The van der Waals surface area contributed by atoms with Crippen LogP contribution in [0.5, 0.6) is 0 Å². The van der Waals surface area contributed by atoms with E-state index < -0.39 is 0 Å². The Bertz CT molecular complexity index is 330. The van der Waals surface area contributed by atoms with Gasteiger partial charge in [-0.15, -0.1) is 11.3 Å². The van der Waals surface area contributed by atoms with Gasteiger partial charge in [-0.3, -0.25) is 4.79 Å². The summed E-state index contributed by atoms with van der Waals surface area (Å²) in [5, 5.41) is 0. The van der Waals surface area contributed by atoms with Crippen molar-refractivity contribution in [1.29, 1.82) is 0 Å². The molecule has 1 atom stereocenters. The molecule has 0 aliphatic heterocycles. The first-order valence-corrected chi connectivity index (χ1v) is 6.47. The van der Waals surface area contributed by atoms with Gasteiger partial charge >= 0.3 is 0 Å². The van der Waals surface area contributed by atoms with Crippen LogP contribution in [-0.2, 0) is 0 Å². The third kappa shape index (κ3) is 2.67. The van der Waals surface area contributed by atoms with Gasteiger partial charge < -0.3 is 0 Å². The van der Waals surface area contributed by atoms with Gasteiger partial charge in [0.2, 0.25) is 0 Å². The molecule has 0 aliphatic rings. The van der Waals surface area contributed by atoms with Gasteiger partial charge in [0, 0.05) is 16.4 Å². The highest BCUT2D eigenvalue weighted by Crippen LogP contribution is 2.28. The van der Waals surface area contributed by atoms with Gasteiger partial charge in [-0.05, 0) is 35.3 Å². The smallest absolute Gasteiger partial charge is 0.166 e. The summed E-state index contributed by atoms with van der Waals surface area (Å²) in [6.07, 6.45) is 2.04. The van der Waals surface area contributed by atoms with E-state index in [-0.39, 0.29) is 11.7 Å². The molecular weight excluding hydrogens is 260 g/mol. The summed E-state index contributed by atoms with van der Waals surface area (Å²) in [6, 6.07) is 1.94. The molecule has 0 saturated carbocycles. The van der Waals surface area contributed by atoms with Crippen molar-refractivity contribution in [1.82, 2.24) is 0 Å². The van der Waals surface area contributed by atoms with Crippen molar-refractivity contribution in [2.45, 2.75) is 33.6 Å². The predicted octanol–water partition coefficient (Wildman–Crippen LogP) is 4.44. The molecule has 0 amide bonds. The quantitative estimate of drug-likeness (QED) is 0.742. The van der Waals surface area contributed by atoms with E-state index in [4.69, 9.17) is 0 Å². The largest absolute Gasteiger partial charge is 0.294 e. The van der Waals surface area contributed by atoms with Crippen LogP contribution in [-0.4, -0.2) is 5.78 Å². The summed E-state index contributed by atoms with van der Waals surface area (Å²) in [4.78, 5) is 13.1. The fourth-order valence-corrected chi connectivity index (χ4v) is 3.22. The molecule has 0 aromatic carbocycles. The monoisotopic (exact) mass is 274 g/mol. The van der Waals surface area contributed by atoms with E-state index in [0.29, 0.717) is 0 Å². The number of hydrogen-bond acceptors (Lipinski definition) is 2. The van der Waals surface area contributed by atoms with E-state index in [1.54, 1.807) is 11.3 Å². The molecule has 0 bridgehead atoms. The molecule has 0 aliphatic carbocycles. The average molecular weight is 275 g/mol. The fourth-order valence-electron chi connectivity index (χ4n) is 1.52. The third-order valence-corrected chi connectivity index (χ3v) is 3.88. The van der Waals surface area contributed by atoms with E-state index in [1.807, 2.05) is 19.9 Å². The minimum atomic E-state index is 0.153. The standard InChI is InChI=1S/C11H15BrOS/c1-4-5-7(2)11(13)9-6-10(12)14-8(9)3/h6-7H,4-5H2,1-3H3. The molecular formula is C11H15BrOS. The minimum absolute atomic E-state index is 0.153. The first-order valence-electron chi connectivity index (χ1n) is 4.86. The van der Waals surface area contributed by atoms with Crippen molar-refractivity contribution in [3.8, 4) is 0 Å². The highest BCUT2D eigenvalue weighted by molar-refractivity contribution is 9.11. The van der Waals surface area contributed by atoms with Crippen molar-refractivity contribution < 1.29 is 4.79 Å². The number of ketones is 1. The van der Waals surface area contributed by atoms with Gasteiger partial charge in [-0.25, -0.2) is 0 Å². The van der Waals surface area contributed by atoms with Gasteiger partial charge in [-0.1, -0.05) is 20.3 Å². The van der Waals surface area contributed by atoms with Crippen LogP contribution in [0.1, 0.15) is 41.9 Å². The molecule has 0 N–H and O–H groups in total. The Balaban J connectivity index is 2.83. The first-order chi connectivity index (χ1) is 6.56. The first kappa shape index (κ1) is 11.9. The zero-order valence-corrected chi connectivity index (χ0v) is 11.2. The summed E-state index contributed by atoms with van der Waals surface area (Å²) < 4.78 is 1.04. The van der Waals surface area contributed by atoms with Crippen LogP contribution in [0.15, 0.2) is 9.85 Å². The molecule has 0 fully saturated rings. The predicted molar refractivity (Wildman–Crippen MR) is 65.2 cm³/mol. The Morgan fingerprint density at radius 3 is 2.71 bits per heavy atom. The summed E-state index contributed by atoms with van der Waals surface area (Å²) in [5.41, 5.74) is 0.892. The second kappa shape index (κ2) is 5.08. The second-order valence-electron chi connectivity index (χ2n) is 3.57. The molecule has 1 heterocycles. The summed E-state index contributed by atoms with van der Waals surface area (Å²) >= 11 is 5.03. The lowest BCUT2D eigenvalue weighted by atomic mass is 9.96. The van der Waals surface area contributed by atoms with E-state index in [9.17, 15) is 4.79 Å². The van der Waals surface area contributed by atoms with Crippen LogP contribution in [0.2, 0.25) is 0 Å². The van der Waals surface area contributed by atoms with Gasteiger partial charge in [0.1, 0.15) is 0 Å². The Hall–Kier alpha value is -0.150. The number of hydrogen-bond donors (Lipinski definition) is 0. The zero-order chi connectivity index (χ0) is 10.7. The van der Waals surface area contributed by atoms with Crippen LogP contribution in [0.4, 0.5) is 0 Å². The van der Waals surface area contributed by atoms with Crippen LogP contribution in [0.3, 0.4) is 0 Å². The number of aryl methyl sites for hydroxylation is 1. The Morgan fingerprint density at radius 1 is 1.64 bits per heavy atom. The highest BCUT2D eigenvalue weighted by Gasteiger charge is 2.18. The van der Waals surface area contributed by atoms with Crippen LogP contribution in [0.25, 0.3) is 0 Å². The molecule has 0 saturated heterocycles. The molecule has 0 spiro atoms. The van der Waals surface area contributed by atoms with E-state index >= 15 is 0 Å². The van der Waals surface area contributed by atoms with Gasteiger partial charge in [0.05, 0.1) is 3.79 Å². The van der Waals surface area contributed by atoms with E-state index in [0.717, 1.165) is 27.1 Å². The zero-order valence-electron chi connectivity index (χ0n) is 8.76. The lowest BCUT2D eigenvalue weighted by molar-refractivity contribution is 0.0923. The van der Waals surface area contributed by atoms with Crippen molar-refractivity contribution in [2.24, 2.45) is 5.92 Å². The molecule has 1 rings (SSSR count). The fraction of sp³-hybridized carbons (Fsp3) is 0.545. The molecule has 14 heavy (non-hydrogen) atoms. The van der Waals surface area contributed by atoms with E-state index in [1.165, 1.54) is 0 Å². The van der Waals surface area contributed by atoms with Crippen molar-refractivity contribution in [3.63, 3.8) is 0 Å². The Labute approximate surface area is 97.7 Å². The molecule has 1 aromatic heterocycles. The number of thiophene rings is 1. The van der Waals surface area contributed by atoms with Gasteiger partial charge in [0.15, 0.2) is 5.78 Å². The van der Waals surface area contributed by atoms with Crippen molar-refractivity contribution in [3.05, 3.63) is 20.3 Å². The molecule has 1 nitrogen and oxygen atoms in total. The third-order valence-electron chi connectivity index (χ3n) is 2.32. The Morgan fingerprint density at radius 2 is 2.29 bits per heavy atom. The van der Waals surface area contributed by atoms with Crippen LogP contribution >= 0.6 is 27.3 Å². The lowest BCUT2D eigenvalue weighted by Gasteiger charge is -2.07. The maximum Gasteiger partial charge on any atom is 0.166 e. The van der Waals surface area contributed by atoms with Gasteiger partial charge in [-0.2, -0.15) is 0 Å². The molecule has 1 aromatic rings. The molecule has 1 unspecified atom stereocenters. The number of carbonyl (C=O) groups excluding carboxylic acids is 1. The van der Waals surface area contributed by atoms with Crippen molar-refractivity contribution >= 4 is 33.0 Å². The minimum Gasteiger partial charge on any atom is -0.294 e. The molecule has 78 valence electrons. The van der Waals surface area contributed by atoms with Gasteiger partial charge in [0.25, 0.3) is 0 Å². The van der Waals surface area contributed by atoms with E-state index in [2.05, 4.69) is 22.9 Å². The average Bonchev–Trinajstić information content (AvgIpc) is 2.44. The maximum absolute atomic E-state index is 12.0. The highest BCUT2D eigenvalue weighted by atomic mass is 79.9. The molecule has 0 radical (unpaired) electrons. The molecule has 3 heteroatoms. The number of Topliss-reactive ketones (excluding diaryl/α,β-unsaturated/α-hetero) is 1. The second-order valence-corrected chi connectivity index (χ2v) is 6.21. The number of carbonyl (C=O) groups is 1. The SMILES string of the molecule is CCCC(C)C(=O)c1cc(Br)sc1C. The topological polar surface area (TPSA) is 17.1 Å². The summed E-state index contributed by atoms with van der Waals surface area (Å²) in [7, 11) is 0. The maximum atomic E-state index is 12.0. The number of rotatable bonds is 4. The lowest BCUT2D eigenvalue weighted by Crippen LogP contribution is -2.10. The van der Waals surface area contributed by atoms with Crippen LogP contribution < -0.4 is 0 Å². The van der Waals surface area contributed by atoms with Crippen molar-refractivity contribution in [2.75, 3.05) is 0 Å².